The molecule has 5 nitrogen and oxygen atoms in total. The van der Waals surface area contributed by atoms with Gasteiger partial charge >= 0.3 is 0 Å². The number of thiazole rings is 1. The first-order chi connectivity index (χ1) is 12.2. The third-order valence-electron chi connectivity index (χ3n) is 3.56. The van der Waals surface area contributed by atoms with Crippen molar-refractivity contribution in [1.82, 2.24) is 15.6 Å². The molecule has 3 aromatic rings. The molecule has 25 heavy (non-hydrogen) atoms. The smallest absolute Gasteiger partial charge is 0.251 e. The number of rotatable bonds is 6. The van der Waals surface area contributed by atoms with Gasteiger partial charge in [-0.2, -0.15) is 0 Å². The summed E-state index contributed by atoms with van der Waals surface area (Å²) in [5.41, 5.74) is 2.32. The molecule has 2 heterocycles. The zero-order chi connectivity index (χ0) is 17.6. The van der Waals surface area contributed by atoms with Crippen LogP contribution in [0.15, 0.2) is 47.2 Å². The summed E-state index contributed by atoms with van der Waals surface area (Å²) in [5.74, 6) is -0.195. The van der Waals surface area contributed by atoms with Crippen LogP contribution in [-0.2, 0) is 17.8 Å². The van der Waals surface area contributed by atoms with Crippen molar-refractivity contribution in [2.75, 3.05) is 7.05 Å². The van der Waals surface area contributed by atoms with E-state index in [0.29, 0.717) is 12.1 Å². The second-order valence-corrected chi connectivity index (χ2v) is 7.16. The molecule has 0 fully saturated rings. The number of hydrogen-bond acceptors (Lipinski definition) is 5. The van der Waals surface area contributed by atoms with Crippen molar-refractivity contribution >= 4 is 34.5 Å². The molecule has 0 bridgehead atoms. The number of benzene rings is 1. The fraction of sp³-hybridized carbons (Fsp3) is 0.167. The van der Waals surface area contributed by atoms with Gasteiger partial charge in [0, 0.05) is 24.5 Å². The highest BCUT2D eigenvalue weighted by Crippen LogP contribution is 2.27. The first-order valence-electron chi connectivity index (χ1n) is 7.71. The molecular weight excluding hydrogens is 354 g/mol. The van der Waals surface area contributed by atoms with E-state index < -0.39 is 0 Å². The lowest BCUT2D eigenvalue weighted by Gasteiger charge is -2.05. The van der Waals surface area contributed by atoms with E-state index in [2.05, 4.69) is 15.6 Å². The van der Waals surface area contributed by atoms with Gasteiger partial charge in [0.2, 0.25) is 5.91 Å². The van der Waals surface area contributed by atoms with Crippen LogP contribution >= 0.6 is 22.7 Å². The molecule has 7 heteroatoms. The standard InChI is InChI=1S/C18H17N3O2S2/c1-19-17(23)13-6-4-12(5-7-13)10-20-16(22)9-14-11-25-18(21-14)15-3-2-8-24-15/h2-8,11H,9-10H2,1H3,(H,19,23)(H,20,22). The molecular formula is C18H17N3O2S2. The third kappa shape index (κ3) is 4.52. The highest BCUT2D eigenvalue weighted by Gasteiger charge is 2.10. The van der Waals surface area contributed by atoms with Gasteiger partial charge in [-0.25, -0.2) is 4.98 Å². The Bertz CT molecular complexity index is 855. The predicted molar refractivity (Wildman–Crippen MR) is 101 cm³/mol. The van der Waals surface area contributed by atoms with E-state index in [1.165, 1.54) is 0 Å². The Kier molecular flexibility index (Phi) is 5.57. The van der Waals surface area contributed by atoms with Crippen LogP contribution in [0.25, 0.3) is 9.88 Å². The second-order valence-electron chi connectivity index (χ2n) is 5.35. The number of carbonyl (C=O) groups excluding carboxylic acids is 2. The van der Waals surface area contributed by atoms with Gasteiger partial charge in [-0.15, -0.1) is 22.7 Å². The Morgan fingerprint density at radius 2 is 1.92 bits per heavy atom. The first kappa shape index (κ1) is 17.3. The topological polar surface area (TPSA) is 71.1 Å². The lowest BCUT2D eigenvalue weighted by Crippen LogP contribution is -2.24. The minimum absolute atomic E-state index is 0.0709. The Morgan fingerprint density at radius 1 is 1.12 bits per heavy atom. The molecule has 2 N–H and O–H groups in total. The molecule has 0 radical (unpaired) electrons. The number of aromatic nitrogens is 1. The van der Waals surface area contributed by atoms with Crippen molar-refractivity contribution < 1.29 is 9.59 Å². The molecule has 3 rings (SSSR count). The van der Waals surface area contributed by atoms with E-state index in [1.54, 1.807) is 41.9 Å². The minimum Gasteiger partial charge on any atom is -0.355 e. The lowest BCUT2D eigenvalue weighted by atomic mass is 10.1. The van der Waals surface area contributed by atoms with Crippen LogP contribution in [0.3, 0.4) is 0 Å². The number of amides is 2. The van der Waals surface area contributed by atoms with Crippen molar-refractivity contribution in [3.05, 3.63) is 64.0 Å². The van der Waals surface area contributed by atoms with E-state index in [9.17, 15) is 9.59 Å². The van der Waals surface area contributed by atoms with Crippen molar-refractivity contribution in [3.8, 4) is 9.88 Å². The van der Waals surface area contributed by atoms with E-state index in [4.69, 9.17) is 0 Å². The van der Waals surface area contributed by atoms with Gasteiger partial charge in [0.05, 0.1) is 17.0 Å². The zero-order valence-corrected chi connectivity index (χ0v) is 15.2. The van der Waals surface area contributed by atoms with Crippen molar-refractivity contribution in [1.29, 1.82) is 0 Å². The molecule has 0 aliphatic heterocycles. The van der Waals surface area contributed by atoms with Gasteiger partial charge in [0.1, 0.15) is 5.01 Å². The maximum Gasteiger partial charge on any atom is 0.251 e. The zero-order valence-electron chi connectivity index (χ0n) is 13.6. The van der Waals surface area contributed by atoms with Crippen molar-refractivity contribution in [3.63, 3.8) is 0 Å². The van der Waals surface area contributed by atoms with Crippen molar-refractivity contribution in [2.24, 2.45) is 0 Å². The monoisotopic (exact) mass is 371 g/mol. The molecule has 0 saturated carbocycles. The average molecular weight is 371 g/mol. The fourth-order valence-electron chi connectivity index (χ4n) is 2.25. The summed E-state index contributed by atoms with van der Waals surface area (Å²) in [5, 5.41) is 10.3. The maximum absolute atomic E-state index is 12.1. The summed E-state index contributed by atoms with van der Waals surface area (Å²) in [6.45, 7) is 0.425. The summed E-state index contributed by atoms with van der Waals surface area (Å²) >= 11 is 3.19. The predicted octanol–water partition coefficient (Wildman–Crippen LogP) is 3.09. The summed E-state index contributed by atoms with van der Waals surface area (Å²) in [7, 11) is 1.60. The SMILES string of the molecule is CNC(=O)c1ccc(CNC(=O)Cc2csc(-c3cccs3)n2)cc1. The van der Waals surface area contributed by atoms with Gasteiger partial charge in [0.25, 0.3) is 5.91 Å². The van der Waals surface area contributed by atoms with Crippen LogP contribution in [0.5, 0.6) is 0 Å². The molecule has 0 saturated heterocycles. The Labute approximate surface area is 153 Å². The molecule has 0 unspecified atom stereocenters. The Hall–Kier alpha value is -2.51. The maximum atomic E-state index is 12.1. The van der Waals surface area contributed by atoms with Gasteiger partial charge in [-0.3, -0.25) is 9.59 Å². The van der Waals surface area contributed by atoms with Crippen LogP contribution in [0.4, 0.5) is 0 Å². The van der Waals surface area contributed by atoms with E-state index in [1.807, 2.05) is 35.0 Å². The highest BCUT2D eigenvalue weighted by molar-refractivity contribution is 7.20. The molecule has 1 aromatic carbocycles. The fourth-order valence-corrected chi connectivity index (χ4v) is 3.88. The summed E-state index contributed by atoms with van der Waals surface area (Å²) in [6, 6.07) is 11.2. The number of carbonyl (C=O) groups is 2. The highest BCUT2D eigenvalue weighted by atomic mass is 32.1. The number of hydrogen-bond donors (Lipinski definition) is 2. The van der Waals surface area contributed by atoms with Gasteiger partial charge in [0.15, 0.2) is 0 Å². The van der Waals surface area contributed by atoms with Crippen LogP contribution in [0.1, 0.15) is 21.6 Å². The van der Waals surface area contributed by atoms with E-state index in [-0.39, 0.29) is 18.2 Å². The number of nitrogens with one attached hydrogen (secondary N) is 2. The van der Waals surface area contributed by atoms with Crippen LogP contribution in [0, 0.1) is 0 Å². The van der Waals surface area contributed by atoms with Crippen LogP contribution < -0.4 is 10.6 Å². The molecule has 0 spiro atoms. The lowest BCUT2D eigenvalue weighted by molar-refractivity contribution is -0.120. The van der Waals surface area contributed by atoms with Gasteiger partial charge in [-0.05, 0) is 29.1 Å². The van der Waals surface area contributed by atoms with Gasteiger partial charge < -0.3 is 10.6 Å². The van der Waals surface area contributed by atoms with Crippen molar-refractivity contribution in [2.45, 2.75) is 13.0 Å². The minimum atomic E-state index is -0.124. The van der Waals surface area contributed by atoms with Gasteiger partial charge in [-0.1, -0.05) is 18.2 Å². The second kappa shape index (κ2) is 8.04. The largest absolute Gasteiger partial charge is 0.355 e. The van der Waals surface area contributed by atoms with E-state index >= 15 is 0 Å². The average Bonchev–Trinajstić information content (AvgIpc) is 3.31. The Balaban J connectivity index is 1.52. The third-order valence-corrected chi connectivity index (χ3v) is 5.49. The molecule has 2 amide bonds. The normalized spacial score (nSPS) is 10.4. The molecule has 0 atom stereocenters. The number of nitrogens with zero attached hydrogens (tertiary/aromatic N) is 1. The molecule has 0 aliphatic rings. The van der Waals surface area contributed by atoms with E-state index in [0.717, 1.165) is 21.1 Å². The Morgan fingerprint density at radius 3 is 2.60 bits per heavy atom. The summed E-state index contributed by atoms with van der Waals surface area (Å²) in [4.78, 5) is 29.2. The summed E-state index contributed by atoms with van der Waals surface area (Å²) < 4.78 is 0. The van der Waals surface area contributed by atoms with Crippen LogP contribution in [-0.4, -0.2) is 23.8 Å². The quantitative estimate of drug-likeness (QED) is 0.699. The molecule has 128 valence electrons. The summed E-state index contributed by atoms with van der Waals surface area (Å²) in [6.07, 6.45) is 0.262. The number of thiophene rings is 1. The van der Waals surface area contributed by atoms with Crippen LogP contribution in [0.2, 0.25) is 0 Å². The molecule has 2 aromatic heterocycles. The first-order valence-corrected chi connectivity index (χ1v) is 9.47. The molecule has 0 aliphatic carbocycles.